The van der Waals surface area contributed by atoms with Crippen LogP contribution >= 0.6 is 0 Å². The van der Waals surface area contributed by atoms with Crippen molar-refractivity contribution in [3.8, 4) is 55.6 Å². The molecular weight excluding hydrogens is 713 g/mol. The van der Waals surface area contributed by atoms with Crippen molar-refractivity contribution in [1.82, 2.24) is 0 Å². The third kappa shape index (κ3) is 5.25. The van der Waals surface area contributed by atoms with Gasteiger partial charge in [0.05, 0.1) is 0 Å². The Morgan fingerprint density at radius 3 is 1.10 bits per heavy atom. The molecule has 1 nitrogen and oxygen atoms in total. The van der Waals surface area contributed by atoms with Gasteiger partial charge in [-0.3, -0.25) is 0 Å². The van der Waals surface area contributed by atoms with Crippen LogP contribution in [0.4, 0.5) is 0 Å². The van der Waals surface area contributed by atoms with Gasteiger partial charge in [-0.25, -0.2) is 0 Å². The van der Waals surface area contributed by atoms with E-state index in [-0.39, 0.29) is 0 Å². The fourth-order valence-corrected chi connectivity index (χ4v) is 9.73. The number of hydrogen-bond acceptors (Lipinski definition) is 1. The Hall–Kier alpha value is -7.74. The fraction of sp³-hybridized carbons (Fsp3) is 0. The quantitative estimate of drug-likeness (QED) is 0.160. The number of furan rings is 1. The third-order valence-electron chi connectivity index (χ3n) is 12.3. The predicted molar refractivity (Wildman–Crippen MR) is 251 cm³/mol. The second-order valence-electron chi connectivity index (χ2n) is 15.5. The standard InChI is InChI=1S/C58H36O/c1-3-16-37(17-4-1)38-30-32-40(33-31-38)55-42-20-7-9-22-44(42)56(45-23-10-8-21-43(45)55)41-34-35-50-53(36-41)59-52-29-15-28-51(58(50)52)57-48-26-13-11-24-46(48)54(39-18-5-2-6-19-39)47-25-12-14-27-49(47)57/h1-36H. The summed E-state index contributed by atoms with van der Waals surface area (Å²) in [5.74, 6) is 0. The van der Waals surface area contributed by atoms with Crippen molar-refractivity contribution in [2.45, 2.75) is 0 Å². The zero-order chi connectivity index (χ0) is 38.9. The van der Waals surface area contributed by atoms with E-state index < -0.39 is 0 Å². The molecule has 12 rings (SSSR count). The minimum atomic E-state index is 0.883. The first-order chi connectivity index (χ1) is 29.3. The molecular formula is C58H36O. The van der Waals surface area contributed by atoms with E-state index in [2.05, 4.69) is 218 Å². The zero-order valence-corrected chi connectivity index (χ0v) is 32.2. The number of rotatable bonds is 5. The summed E-state index contributed by atoms with van der Waals surface area (Å²) in [5.41, 5.74) is 13.9. The Labute approximate surface area is 342 Å². The molecule has 0 spiro atoms. The zero-order valence-electron chi connectivity index (χ0n) is 32.2. The van der Waals surface area contributed by atoms with Crippen LogP contribution in [-0.4, -0.2) is 0 Å². The molecule has 1 heterocycles. The maximum Gasteiger partial charge on any atom is 0.136 e. The molecule has 0 aliphatic rings. The van der Waals surface area contributed by atoms with Crippen LogP contribution in [0.25, 0.3) is 121 Å². The Kier molecular flexibility index (Phi) is 7.61. The first-order valence-electron chi connectivity index (χ1n) is 20.3. The normalized spacial score (nSPS) is 11.7. The molecule has 0 saturated carbocycles. The summed E-state index contributed by atoms with van der Waals surface area (Å²) in [6.45, 7) is 0. The average molecular weight is 749 g/mol. The summed E-state index contributed by atoms with van der Waals surface area (Å²) in [4.78, 5) is 0. The number of hydrogen-bond donors (Lipinski definition) is 0. The second kappa shape index (κ2) is 13.4. The van der Waals surface area contributed by atoms with Crippen molar-refractivity contribution < 1.29 is 4.42 Å². The van der Waals surface area contributed by atoms with E-state index in [0.29, 0.717) is 0 Å². The van der Waals surface area contributed by atoms with Crippen molar-refractivity contribution in [3.05, 3.63) is 218 Å². The summed E-state index contributed by atoms with van der Waals surface area (Å²) in [6.07, 6.45) is 0. The molecule has 0 N–H and O–H groups in total. The molecule has 0 unspecified atom stereocenters. The number of benzene rings is 11. The van der Waals surface area contributed by atoms with E-state index >= 15 is 0 Å². The predicted octanol–water partition coefficient (Wildman–Crippen LogP) is 16.5. The molecule has 1 aromatic heterocycles. The monoisotopic (exact) mass is 748 g/mol. The summed E-state index contributed by atoms with van der Waals surface area (Å²) in [5, 5.41) is 12.1. The Balaban J connectivity index is 1.07. The Bertz CT molecular complexity index is 3460. The maximum absolute atomic E-state index is 6.86. The molecule has 11 aromatic carbocycles. The first kappa shape index (κ1) is 33.4. The van der Waals surface area contributed by atoms with Gasteiger partial charge in [0.2, 0.25) is 0 Å². The van der Waals surface area contributed by atoms with Crippen LogP contribution < -0.4 is 0 Å². The van der Waals surface area contributed by atoms with Gasteiger partial charge in [0, 0.05) is 10.8 Å². The Morgan fingerprint density at radius 2 is 0.593 bits per heavy atom. The molecule has 274 valence electrons. The smallest absolute Gasteiger partial charge is 0.136 e. The van der Waals surface area contributed by atoms with Gasteiger partial charge in [-0.2, -0.15) is 0 Å². The van der Waals surface area contributed by atoms with Gasteiger partial charge in [-0.15, -0.1) is 0 Å². The molecule has 0 aliphatic heterocycles. The minimum Gasteiger partial charge on any atom is -0.456 e. The molecule has 59 heavy (non-hydrogen) atoms. The van der Waals surface area contributed by atoms with Crippen LogP contribution in [0.1, 0.15) is 0 Å². The van der Waals surface area contributed by atoms with Gasteiger partial charge >= 0.3 is 0 Å². The topological polar surface area (TPSA) is 13.1 Å². The maximum atomic E-state index is 6.86. The van der Waals surface area contributed by atoms with Crippen LogP contribution in [0.5, 0.6) is 0 Å². The van der Waals surface area contributed by atoms with Crippen molar-refractivity contribution in [2.24, 2.45) is 0 Å². The van der Waals surface area contributed by atoms with Gasteiger partial charge in [-0.05, 0) is 117 Å². The minimum absolute atomic E-state index is 0.883. The van der Waals surface area contributed by atoms with E-state index in [4.69, 9.17) is 4.42 Å². The summed E-state index contributed by atoms with van der Waals surface area (Å²) in [7, 11) is 0. The van der Waals surface area contributed by atoms with Crippen molar-refractivity contribution in [1.29, 1.82) is 0 Å². The van der Waals surface area contributed by atoms with E-state index in [9.17, 15) is 0 Å². The lowest BCUT2D eigenvalue weighted by molar-refractivity contribution is 0.669. The average Bonchev–Trinajstić information content (AvgIpc) is 3.69. The van der Waals surface area contributed by atoms with E-state index in [1.165, 1.54) is 93.2 Å². The molecule has 0 saturated heterocycles. The molecule has 0 amide bonds. The molecule has 1 heteroatoms. The van der Waals surface area contributed by atoms with Crippen LogP contribution in [0.3, 0.4) is 0 Å². The number of fused-ring (bicyclic) bond motifs is 7. The molecule has 0 fully saturated rings. The van der Waals surface area contributed by atoms with Crippen LogP contribution in [0, 0.1) is 0 Å². The van der Waals surface area contributed by atoms with E-state index in [0.717, 1.165) is 27.5 Å². The summed E-state index contributed by atoms with van der Waals surface area (Å²) in [6, 6.07) is 79.2. The largest absolute Gasteiger partial charge is 0.456 e. The fourth-order valence-electron chi connectivity index (χ4n) is 9.73. The van der Waals surface area contributed by atoms with Gasteiger partial charge in [0.25, 0.3) is 0 Å². The SMILES string of the molecule is c1ccc(-c2ccc(-c3c4ccccc4c(-c4ccc5c(c4)oc4cccc(-c6c7ccccc7c(-c7ccccc7)c7ccccc67)c45)c4ccccc34)cc2)cc1. The molecule has 0 bridgehead atoms. The lowest BCUT2D eigenvalue weighted by Gasteiger charge is -2.18. The first-order valence-corrected chi connectivity index (χ1v) is 20.3. The van der Waals surface area contributed by atoms with Crippen LogP contribution in [-0.2, 0) is 0 Å². The second-order valence-corrected chi connectivity index (χ2v) is 15.5. The molecule has 12 aromatic rings. The van der Waals surface area contributed by atoms with Crippen LogP contribution in [0.2, 0.25) is 0 Å². The third-order valence-corrected chi connectivity index (χ3v) is 12.3. The summed E-state index contributed by atoms with van der Waals surface area (Å²) < 4.78 is 6.86. The van der Waals surface area contributed by atoms with Gasteiger partial charge < -0.3 is 4.42 Å². The Morgan fingerprint density at radius 1 is 0.220 bits per heavy atom. The summed E-state index contributed by atoms with van der Waals surface area (Å²) >= 11 is 0. The van der Waals surface area contributed by atoms with Gasteiger partial charge in [0.15, 0.2) is 0 Å². The molecule has 0 atom stereocenters. The van der Waals surface area contributed by atoms with E-state index in [1.54, 1.807) is 0 Å². The van der Waals surface area contributed by atoms with E-state index in [1.807, 2.05) is 0 Å². The van der Waals surface area contributed by atoms with Gasteiger partial charge in [0.1, 0.15) is 11.2 Å². The highest BCUT2D eigenvalue weighted by Crippen LogP contribution is 2.49. The highest BCUT2D eigenvalue weighted by Gasteiger charge is 2.22. The van der Waals surface area contributed by atoms with Crippen molar-refractivity contribution in [2.75, 3.05) is 0 Å². The molecule has 0 radical (unpaired) electrons. The molecule has 0 aliphatic carbocycles. The van der Waals surface area contributed by atoms with Crippen LogP contribution in [0.15, 0.2) is 223 Å². The lowest BCUT2D eigenvalue weighted by atomic mass is 9.84. The van der Waals surface area contributed by atoms with Crippen molar-refractivity contribution in [3.63, 3.8) is 0 Å². The lowest BCUT2D eigenvalue weighted by Crippen LogP contribution is -1.91. The van der Waals surface area contributed by atoms with Crippen molar-refractivity contribution >= 4 is 65.0 Å². The van der Waals surface area contributed by atoms with Gasteiger partial charge in [-0.1, -0.05) is 200 Å². The highest BCUT2D eigenvalue weighted by atomic mass is 16.3. The highest BCUT2D eigenvalue weighted by molar-refractivity contribution is 6.26.